The molecule has 15 heavy (non-hydrogen) atoms. The highest BCUT2D eigenvalue weighted by molar-refractivity contribution is 5.87. The van der Waals surface area contributed by atoms with Crippen LogP contribution in [-0.4, -0.2) is 16.1 Å². The van der Waals surface area contributed by atoms with Gasteiger partial charge in [-0.2, -0.15) is 5.26 Å². The number of pyridine rings is 1. The monoisotopic (exact) mass is 204 g/mol. The van der Waals surface area contributed by atoms with Crippen LogP contribution in [0.5, 0.6) is 0 Å². The van der Waals surface area contributed by atoms with E-state index in [4.69, 9.17) is 10.4 Å². The standard InChI is InChI=1S/C11H12N2O2/c1-7(2)3-10-8(5-12)4-9(6-13-10)11(14)15/h4,6-7H,3H2,1-2H3,(H,14,15). The third kappa shape index (κ3) is 2.78. The average molecular weight is 204 g/mol. The molecule has 1 rings (SSSR count). The second-order valence-corrected chi connectivity index (χ2v) is 3.73. The Hall–Kier alpha value is -1.89. The van der Waals surface area contributed by atoms with Crippen molar-refractivity contribution in [1.82, 2.24) is 4.98 Å². The van der Waals surface area contributed by atoms with Crippen molar-refractivity contribution in [3.63, 3.8) is 0 Å². The molecule has 4 heteroatoms. The fraction of sp³-hybridized carbons (Fsp3) is 0.364. The lowest BCUT2D eigenvalue weighted by molar-refractivity contribution is 0.0696. The highest BCUT2D eigenvalue weighted by Gasteiger charge is 2.10. The summed E-state index contributed by atoms with van der Waals surface area (Å²) in [6.45, 7) is 4.04. The van der Waals surface area contributed by atoms with Gasteiger partial charge in [0.2, 0.25) is 0 Å². The van der Waals surface area contributed by atoms with Crippen molar-refractivity contribution in [2.24, 2.45) is 5.92 Å². The van der Waals surface area contributed by atoms with Crippen LogP contribution < -0.4 is 0 Å². The van der Waals surface area contributed by atoms with Crippen molar-refractivity contribution < 1.29 is 9.90 Å². The zero-order valence-corrected chi connectivity index (χ0v) is 8.69. The van der Waals surface area contributed by atoms with Crippen LogP contribution in [0.3, 0.4) is 0 Å². The Morgan fingerprint density at radius 1 is 1.67 bits per heavy atom. The summed E-state index contributed by atoms with van der Waals surface area (Å²) in [6, 6.07) is 3.34. The summed E-state index contributed by atoms with van der Waals surface area (Å²) < 4.78 is 0. The minimum absolute atomic E-state index is 0.0547. The van der Waals surface area contributed by atoms with Gasteiger partial charge in [-0.05, 0) is 18.4 Å². The molecule has 1 N–H and O–H groups in total. The van der Waals surface area contributed by atoms with E-state index in [9.17, 15) is 4.79 Å². The van der Waals surface area contributed by atoms with Crippen LogP contribution in [0.4, 0.5) is 0 Å². The largest absolute Gasteiger partial charge is 0.478 e. The predicted octanol–water partition coefficient (Wildman–Crippen LogP) is 1.85. The van der Waals surface area contributed by atoms with Gasteiger partial charge < -0.3 is 5.11 Å². The molecule has 78 valence electrons. The molecule has 0 radical (unpaired) electrons. The van der Waals surface area contributed by atoms with Crippen LogP contribution in [-0.2, 0) is 6.42 Å². The van der Waals surface area contributed by atoms with E-state index >= 15 is 0 Å². The van der Waals surface area contributed by atoms with Gasteiger partial charge in [0.15, 0.2) is 0 Å². The van der Waals surface area contributed by atoms with Crippen LogP contribution in [0, 0.1) is 17.2 Å². The third-order valence-corrected chi connectivity index (χ3v) is 1.94. The molecular weight excluding hydrogens is 192 g/mol. The molecule has 1 aromatic heterocycles. The molecule has 0 atom stereocenters. The number of hydrogen-bond acceptors (Lipinski definition) is 3. The van der Waals surface area contributed by atoms with Gasteiger partial charge in [-0.3, -0.25) is 4.98 Å². The Morgan fingerprint density at radius 2 is 2.33 bits per heavy atom. The quantitative estimate of drug-likeness (QED) is 0.815. The highest BCUT2D eigenvalue weighted by Crippen LogP contribution is 2.12. The fourth-order valence-electron chi connectivity index (χ4n) is 1.26. The van der Waals surface area contributed by atoms with E-state index < -0.39 is 5.97 Å². The molecule has 0 amide bonds. The lowest BCUT2D eigenvalue weighted by Crippen LogP contribution is -2.04. The predicted molar refractivity (Wildman–Crippen MR) is 54.5 cm³/mol. The summed E-state index contributed by atoms with van der Waals surface area (Å²) in [6.07, 6.45) is 1.98. The molecule has 0 aliphatic rings. The summed E-state index contributed by atoms with van der Waals surface area (Å²) in [4.78, 5) is 14.7. The molecule has 0 unspecified atom stereocenters. The van der Waals surface area contributed by atoms with Gasteiger partial charge in [0.1, 0.15) is 6.07 Å². The Labute approximate surface area is 88.2 Å². The molecule has 0 aliphatic carbocycles. The molecule has 0 aliphatic heterocycles. The van der Waals surface area contributed by atoms with Gasteiger partial charge in [-0.15, -0.1) is 0 Å². The lowest BCUT2D eigenvalue weighted by atomic mass is 10.0. The van der Waals surface area contributed by atoms with E-state index in [-0.39, 0.29) is 5.56 Å². The maximum atomic E-state index is 10.7. The average Bonchev–Trinajstić information content (AvgIpc) is 2.17. The van der Waals surface area contributed by atoms with Crippen molar-refractivity contribution in [3.05, 3.63) is 29.1 Å². The zero-order chi connectivity index (χ0) is 11.4. The first-order valence-corrected chi connectivity index (χ1v) is 4.67. The van der Waals surface area contributed by atoms with Crippen LogP contribution >= 0.6 is 0 Å². The first kappa shape index (κ1) is 11.2. The molecule has 0 bridgehead atoms. The molecular formula is C11H12N2O2. The third-order valence-electron chi connectivity index (χ3n) is 1.94. The highest BCUT2D eigenvalue weighted by atomic mass is 16.4. The SMILES string of the molecule is CC(C)Cc1ncc(C(=O)O)cc1C#N. The number of nitriles is 1. The van der Waals surface area contributed by atoms with E-state index in [2.05, 4.69) is 4.98 Å². The number of aromatic nitrogens is 1. The maximum Gasteiger partial charge on any atom is 0.337 e. The summed E-state index contributed by atoms with van der Waals surface area (Å²) in [5.74, 6) is -0.671. The topological polar surface area (TPSA) is 74.0 Å². The first-order chi connectivity index (χ1) is 7.04. The van der Waals surface area contributed by atoms with E-state index in [1.54, 1.807) is 0 Å². The van der Waals surface area contributed by atoms with Crippen molar-refractivity contribution in [1.29, 1.82) is 5.26 Å². The summed E-state index contributed by atoms with van der Waals surface area (Å²) in [5, 5.41) is 17.6. The molecule has 1 heterocycles. The van der Waals surface area contributed by atoms with Crippen LogP contribution in [0.1, 0.15) is 35.5 Å². The molecule has 0 aromatic carbocycles. The number of nitrogens with zero attached hydrogens (tertiary/aromatic N) is 2. The molecule has 0 saturated heterocycles. The lowest BCUT2D eigenvalue weighted by Gasteiger charge is -2.06. The number of aromatic carboxylic acids is 1. The number of hydrogen-bond donors (Lipinski definition) is 1. The minimum Gasteiger partial charge on any atom is -0.478 e. The van der Waals surface area contributed by atoms with Gasteiger partial charge in [0.25, 0.3) is 0 Å². The summed E-state index contributed by atoms with van der Waals surface area (Å²) in [5.41, 5.74) is 1.07. The Bertz CT molecular complexity index is 419. The van der Waals surface area contributed by atoms with Crippen LogP contribution in [0.25, 0.3) is 0 Å². The van der Waals surface area contributed by atoms with E-state index in [0.717, 1.165) is 0 Å². The van der Waals surface area contributed by atoms with Gasteiger partial charge in [0, 0.05) is 6.20 Å². The van der Waals surface area contributed by atoms with Crippen molar-refractivity contribution in [3.8, 4) is 6.07 Å². The number of carboxylic acid groups (broad SMARTS) is 1. The minimum atomic E-state index is -1.06. The summed E-state index contributed by atoms with van der Waals surface area (Å²) in [7, 11) is 0. The van der Waals surface area contributed by atoms with Gasteiger partial charge in [0.05, 0.1) is 16.8 Å². The number of rotatable bonds is 3. The summed E-state index contributed by atoms with van der Waals surface area (Å²) >= 11 is 0. The van der Waals surface area contributed by atoms with E-state index in [0.29, 0.717) is 23.6 Å². The Kier molecular flexibility index (Phi) is 3.40. The van der Waals surface area contributed by atoms with Crippen molar-refractivity contribution in [2.75, 3.05) is 0 Å². The normalized spacial score (nSPS) is 10.0. The number of carboxylic acids is 1. The van der Waals surface area contributed by atoms with Crippen molar-refractivity contribution in [2.45, 2.75) is 20.3 Å². The number of carbonyl (C=O) groups is 1. The first-order valence-electron chi connectivity index (χ1n) is 4.67. The smallest absolute Gasteiger partial charge is 0.337 e. The van der Waals surface area contributed by atoms with Gasteiger partial charge in [-0.25, -0.2) is 4.79 Å². The second-order valence-electron chi connectivity index (χ2n) is 3.73. The van der Waals surface area contributed by atoms with Crippen molar-refractivity contribution >= 4 is 5.97 Å². The molecule has 4 nitrogen and oxygen atoms in total. The van der Waals surface area contributed by atoms with Crippen LogP contribution in [0.15, 0.2) is 12.3 Å². The van der Waals surface area contributed by atoms with Gasteiger partial charge in [-0.1, -0.05) is 13.8 Å². The molecule has 0 saturated carbocycles. The Balaban J connectivity index is 3.11. The second kappa shape index (κ2) is 4.56. The zero-order valence-electron chi connectivity index (χ0n) is 8.69. The van der Waals surface area contributed by atoms with E-state index in [1.165, 1.54) is 12.3 Å². The van der Waals surface area contributed by atoms with Crippen LogP contribution in [0.2, 0.25) is 0 Å². The molecule has 1 aromatic rings. The van der Waals surface area contributed by atoms with Gasteiger partial charge >= 0.3 is 5.97 Å². The van der Waals surface area contributed by atoms with E-state index in [1.807, 2.05) is 19.9 Å². The fourth-order valence-corrected chi connectivity index (χ4v) is 1.26. The molecule has 0 fully saturated rings. The maximum absolute atomic E-state index is 10.7. The Morgan fingerprint density at radius 3 is 2.80 bits per heavy atom. The molecule has 0 spiro atoms.